The lowest BCUT2D eigenvalue weighted by molar-refractivity contribution is -0.141. The molecule has 0 radical (unpaired) electrons. The average Bonchev–Trinajstić information content (AvgIpc) is 2.68. The van der Waals surface area contributed by atoms with E-state index in [-0.39, 0.29) is 11.5 Å². The molecule has 2 aromatic heterocycles. The third kappa shape index (κ3) is 3.83. The van der Waals surface area contributed by atoms with Crippen LogP contribution in [0, 0.1) is 5.41 Å². The van der Waals surface area contributed by atoms with Gasteiger partial charge in [0.2, 0.25) is 5.88 Å². The van der Waals surface area contributed by atoms with Crippen molar-refractivity contribution >= 4 is 0 Å². The van der Waals surface area contributed by atoms with E-state index >= 15 is 0 Å². The van der Waals surface area contributed by atoms with Crippen molar-refractivity contribution in [3.8, 4) is 5.88 Å². The van der Waals surface area contributed by atoms with Gasteiger partial charge in [-0.15, -0.1) is 0 Å². The fraction of sp³-hybridized carbons (Fsp3) is 0.500. The van der Waals surface area contributed by atoms with Crippen molar-refractivity contribution in [2.75, 3.05) is 26.3 Å². The van der Waals surface area contributed by atoms with Gasteiger partial charge in [0.25, 0.3) is 0 Å². The van der Waals surface area contributed by atoms with Gasteiger partial charge in [0.1, 0.15) is 0 Å². The summed E-state index contributed by atoms with van der Waals surface area (Å²) in [5.74, 6) is 0.697. The summed E-state index contributed by atoms with van der Waals surface area (Å²) in [5.41, 5.74) is 1.17. The highest BCUT2D eigenvalue weighted by Gasteiger charge is 2.46. The van der Waals surface area contributed by atoms with E-state index in [0.717, 1.165) is 51.2 Å². The molecule has 2 aliphatic heterocycles. The summed E-state index contributed by atoms with van der Waals surface area (Å²) in [4.78, 5) is 11.3. The predicted molar refractivity (Wildman–Crippen MR) is 95.3 cm³/mol. The van der Waals surface area contributed by atoms with Crippen LogP contribution in [-0.2, 0) is 11.3 Å². The van der Waals surface area contributed by atoms with E-state index in [1.54, 1.807) is 6.20 Å². The molecule has 5 nitrogen and oxygen atoms in total. The first-order valence-electron chi connectivity index (χ1n) is 9.12. The summed E-state index contributed by atoms with van der Waals surface area (Å²) in [6, 6.07) is 11.9. The molecule has 0 unspecified atom stereocenters. The van der Waals surface area contributed by atoms with Crippen molar-refractivity contribution in [3.63, 3.8) is 0 Å². The zero-order valence-corrected chi connectivity index (χ0v) is 14.5. The van der Waals surface area contributed by atoms with Crippen LogP contribution in [0.2, 0.25) is 0 Å². The maximum Gasteiger partial charge on any atom is 0.213 e. The molecule has 2 saturated heterocycles. The van der Waals surface area contributed by atoms with Crippen LogP contribution < -0.4 is 4.74 Å². The number of likely N-dealkylation sites (tertiary alicyclic amines) is 1. The maximum atomic E-state index is 6.13. The molecule has 0 spiro atoms. The lowest BCUT2D eigenvalue weighted by atomic mass is 9.73. The SMILES string of the molecule is c1ccc(CN2CC[C@H]3OCCC[C@]3(COc3ccccn3)C2)nc1. The molecular weight excluding hydrogens is 314 g/mol. The van der Waals surface area contributed by atoms with Gasteiger partial charge in [0.05, 0.1) is 18.4 Å². The molecule has 2 aliphatic rings. The van der Waals surface area contributed by atoms with E-state index in [1.165, 1.54) is 0 Å². The van der Waals surface area contributed by atoms with Crippen LogP contribution in [0.4, 0.5) is 0 Å². The molecule has 5 heteroatoms. The van der Waals surface area contributed by atoms with E-state index in [1.807, 2.05) is 30.5 Å². The summed E-state index contributed by atoms with van der Waals surface area (Å²) in [6.45, 7) is 4.45. The van der Waals surface area contributed by atoms with Crippen molar-refractivity contribution < 1.29 is 9.47 Å². The van der Waals surface area contributed by atoms with E-state index in [0.29, 0.717) is 12.5 Å². The Balaban J connectivity index is 1.47. The minimum atomic E-state index is 0.0444. The fourth-order valence-corrected chi connectivity index (χ4v) is 4.10. The Bertz CT molecular complexity index is 667. The number of rotatable bonds is 5. The standard InChI is InChI=1S/C20H25N3O2/c1-3-10-21-17(6-1)14-23-12-8-18-20(15-23,9-5-13-24-18)16-25-19-7-2-4-11-22-19/h1-4,6-7,10-11,18H,5,8-9,12-16H2/t18-,20-/m1/s1. The molecular formula is C20H25N3O2. The molecule has 4 rings (SSSR count). The fourth-order valence-electron chi connectivity index (χ4n) is 4.10. The molecule has 0 aliphatic carbocycles. The van der Waals surface area contributed by atoms with Gasteiger partial charge in [0, 0.05) is 50.1 Å². The van der Waals surface area contributed by atoms with Crippen LogP contribution in [0.3, 0.4) is 0 Å². The Kier molecular flexibility index (Phi) is 4.95. The zero-order chi connectivity index (χ0) is 17.0. The Hall–Kier alpha value is -1.98. The van der Waals surface area contributed by atoms with Crippen LogP contribution in [0.5, 0.6) is 5.88 Å². The average molecular weight is 339 g/mol. The number of hydrogen-bond acceptors (Lipinski definition) is 5. The summed E-state index contributed by atoms with van der Waals surface area (Å²) >= 11 is 0. The first-order valence-corrected chi connectivity index (χ1v) is 9.12. The second-order valence-electron chi connectivity index (χ2n) is 7.10. The van der Waals surface area contributed by atoms with Crippen LogP contribution in [0.1, 0.15) is 25.0 Å². The second kappa shape index (κ2) is 7.50. The first kappa shape index (κ1) is 16.5. The number of ether oxygens (including phenoxy) is 2. The van der Waals surface area contributed by atoms with Gasteiger partial charge < -0.3 is 9.47 Å². The van der Waals surface area contributed by atoms with E-state index in [9.17, 15) is 0 Å². The predicted octanol–water partition coefficient (Wildman–Crippen LogP) is 2.93. The lowest BCUT2D eigenvalue weighted by Crippen LogP contribution is -2.57. The quantitative estimate of drug-likeness (QED) is 0.838. The van der Waals surface area contributed by atoms with Gasteiger partial charge in [-0.3, -0.25) is 9.88 Å². The maximum absolute atomic E-state index is 6.13. The van der Waals surface area contributed by atoms with Crippen LogP contribution in [0.15, 0.2) is 48.8 Å². The molecule has 0 N–H and O–H groups in total. The third-order valence-electron chi connectivity index (χ3n) is 5.32. The van der Waals surface area contributed by atoms with Gasteiger partial charge in [0.15, 0.2) is 0 Å². The van der Waals surface area contributed by atoms with Crippen molar-refractivity contribution in [1.29, 1.82) is 0 Å². The summed E-state index contributed by atoms with van der Waals surface area (Å²) < 4.78 is 12.2. The van der Waals surface area contributed by atoms with Crippen LogP contribution in [0.25, 0.3) is 0 Å². The van der Waals surface area contributed by atoms with Crippen molar-refractivity contribution in [2.45, 2.75) is 31.9 Å². The number of nitrogens with zero attached hydrogens (tertiary/aromatic N) is 3. The minimum Gasteiger partial charge on any atom is -0.477 e. The Morgan fingerprint density at radius 1 is 1.16 bits per heavy atom. The largest absolute Gasteiger partial charge is 0.477 e. The van der Waals surface area contributed by atoms with Gasteiger partial charge >= 0.3 is 0 Å². The molecule has 0 saturated carbocycles. The zero-order valence-electron chi connectivity index (χ0n) is 14.5. The molecule has 4 heterocycles. The first-order chi connectivity index (χ1) is 12.3. The van der Waals surface area contributed by atoms with E-state index < -0.39 is 0 Å². The summed E-state index contributed by atoms with van der Waals surface area (Å²) in [6.07, 6.45) is 7.22. The molecule has 0 aromatic carbocycles. The van der Waals surface area contributed by atoms with Gasteiger partial charge in [-0.2, -0.15) is 0 Å². The summed E-state index contributed by atoms with van der Waals surface area (Å²) in [7, 11) is 0. The minimum absolute atomic E-state index is 0.0444. The van der Waals surface area contributed by atoms with Crippen molar-refractivity contribution in [3.05, 3.63) is 54.5 Å². The monoisotopic (exact) mass is 339 g/mol. The molecule has 132 valence electrons. The molecule has 2 aromatic rings. The molecule has 0 bridgehead atoms. The number of aromatic nitrogens is 2. The molecule has 2 atom stereocenters. The van der Waals surface area contributed by atoms with E-state index in [2.05, 4.69) is 27.0 Å². The highest BCUT2D eigenvalue weighted by molar-refractivity contribution is 5.10. The normalized spacial score (nSPS) is 26.8. The number of piperidine rings is 1. The molecule has 0 amide bonds. The third-order valence-corrected chi connectivity index (χ3v) is 5.32. The Morgan fingerprint density at radius 3 is 2.84 bits per heavy atom. The van der Waals surface area contributed by atoms with E-state index in [4.69, 9.17) is 9.47 Å². The lowest BCUT2D eigenvalue weighted by Gasteiger charge is -2.50. The Morgan fingerprint density at radius 2 is 2.04 bits per heavy atom. The van der Waals surface area contributed by atoms with Crippen molar-refractivity contribution in [1.82, 2.24) is 14.9 Å². The van der Waals surface area contributed by atoms with Gasteiger partial charge in [-0.25, -0.2) is 4.98 Å². The second-order valence-corrected chi connectivity index (χ2v) is 7.10. The van der Waals surface area contributed by atoms with Crippen LogP contribution >= 0.6 is 0 Å². The molecule has 25 heavy (non-hydrogen) atoms. The Labute approximate surface area is 149 Å². The smallest absolute Gasteiger partial charge is 0.213 e. The number of hydrogen-bond donors (Lipinski definition) is 0. The van der Waals surface area contributed by atoms with Gasteiger partial charge in [-0.1, -0.05) is 12.1 Å². The molecule has 2 fully saturated rings. The topological polar surface area (TPSA) is 47.5 Å². The number of fused-ring (bicyclic) bond motifs is 1. The highest BCUT2D eigenvalue weighted by Crippen LogP contribution is 2.40. The van der Waals surface area contributed by atoms with Gasteiger partial charge in [-0.05, 0) is 37.5 Å². The number of pyridine rings is 2. The highest BCUT2D eigenvalue weighted by atomic mass is 16.5. The summed E-state index contributed by atoms with van der Waals surface area (Å²) in [5, 5.41) is 0. The van der Waals surface area contributed by atoms with Crippen LogP contribution in [-0.4, -0.2) is 47.3 Å². The van der Waals surface area contributed by atoms with Crippen molar-refractivity contribution in [2.24, 2.45) is 5.41 Å².